The van der Waals surface area contributed by atoms with Crippen LogP contribution in [0.2, 0.25) is 0 Å². The highest BCUT2D eigenvalue weighted by molar-refractivity contribution is 7.91. The number of nitrogens with zero attached hydrogens (tertiary/aromatic N) is 1. The highest BCUT2D eigenvalue weighted by atomic mass is 32.2. The first-order valence-corrected chi connectivity index (χ1v) is 11.3. The van der Waals surface area contributed by atoms with Crippen molar-refractivity contribution in [1.82, 2.24) is 9.62 Å². The van der Waals surface area contributed by atoms with Crippen LogP contribution in [0.15, 0.2) is 46.0 Å². The number of hydrogen-bond donors (Lipinski definition) is 1. The van der Waals surface area contributed by atoms with Crippen LogP contribution in [0.4, 0.5) is 4.39 Å². The van der Waals surface area contributed by atoms with E-state index in [0.29, 0.717) is 36.7 Å². The molecule has 1 N–H and O–H groups in total. The normalized spacial score (nSPS) is 17.6. The van der Waals surface area contributed by atoms with Gasteiger partial charge in [0.15, 0.2) is 0 Å². The summed E-state index contributed by atoms with van der Waals surface area (Å²) in [5.41, 5.74) is 0.841. The minimum Gasteiger partial charge on any atom is -0.352 e. The van der Waals surface area contributed by atoms with Gasteiger partial charge in [-0.2, -0.15) is 4.31 Å². The molecule has 1 fully saturated rings. The fraction of sp³-hybridized carbons (Fsp3) is 0.421. The van der Waals surface area contributed by atoms with Crippen molar-refractivity contribution < 1.29 is 17.6 Å². The van der Waals surface area contributed by atoms with Crippen LogP contribution < -0.4 is 5.32 Å². The van der Waals surface area contributed by atoms with Crippen molar-refractivity contribution in [2.45, 2.75) is 30.5 Å². The second-order valence-electron chi connectivity index (χ2n) is 6.81. The van der Waals surface area contributed by atoms with Gasteiger partial charge in [-0.25, -0.2) is 12.8 Å². The molecule has 1 amide bonds. The van der Waals surface area contributed by atoms with Gasteiger partial charge in [-0.15, -0.1) is 11.3 Å². The number of piperidine rings is 1. The molecular formula is C19H23FN2O3S2. The van der Waals surface area contributed by atoms with E-state index in [9.17, 15) is 17.6 Å². The summed E-state index contributed by atoms with van der Waals surface area (Å²) in [6.07, 6.45) is 1.32. The molecule has 1 aromatic heterocycles. The van der Waals surface area contributed by atoms with Gasteiger partial charge in [0.05, 0.1) is 0 Å². The van der Waals surface area contributed by atoms with Gasteiger partial charge in [0, 0.05) is 25.6 Å². The Bertz CT molecular complexity index is 859. The summed E-state index contributed by atoms with van der Waals surface area (Å²) in [6, 6.07) is 9.39. The van der Waals surface area contributed by atoms with Gasteiger partial charge in [0.1, 0.15) is 10.0 Å². The second-order valence-corrected chi connectivity index (χ2v) is 9.92. The number of sulfonamides is 1. The van der Waals surface area contributed by atoms with E-state index in [2.05, 4.69) is 5.32 Å². The zero-order chi connectivity index (χ0) is 19.4. The predicted octanol–water partition coefficient (Wildman–Crippen LogP) is 3.24. The number of carbonyl (C=O) groups is 1. The van der Waals surface area contributed by atoms with E-state index in [4.69, 9.17) is 0 Å². The first-order chi connectivity index (χ1) is 12.9. The Hall–Kier alpha value is -1.77. The molecule has 0 saturated carbocycles. The Morgan fingerprint density at radius 1 is 1.26 bits per heavy atom. The van der Waals surface area contributed by atoms with Gasteiger partial charge in [-0.05, 0) is 47.9 Å². The molecule has 8 heteroatoms. The first kappa shape index (κ1) is 20.0. The third-order valence-electron chi connectivity index (χ3n) is 5.09. The molecule has 3 rings (SSSR count). The molecular weight excluding hydrogens is 387 g/mol. The molecule has 0 bridgehead atoms. The summed E-state index contributed by atoms with van der Waals surface area (Å²) in [5, 5.41) is 4.64. The van der Waals surface area contributed by atoms with Crippen molar-refractivity contribution in [3.05, 3.63) is 53.2 Å². The highest BCUT2D eigenvalue weighted by Gasteiger charge is 2.33. The number of benzene rings is 1. The van der Waals surface area contributed by atoms with Crippen molar-refractivity contribution in [1.29, 1.82) is 0 Å². The minimum atomic E-state index is -3.42. The predicted molar refractivity (Wildman–Crippen MR) is 103 cm³/mol. The molecule has 1 atom stereocenters. The number of hydrogen-bond acceptors (Lipinski definition) is 4. The van der Waals surface area contributed by atoms with Crippen LogP contribution in [0, 0.1) is 17.7 Å². The number of halogens is 1. The SMILES string of the molecule is CC(C(=O)NCc1ccc(F)cc1)C1CCN(S(=O)(=O)c2cccs2)CC1. The molecule has 2 aromatic rings. The van der Waals surface area contributed by atoms with Crippen LogP contribution in [0.25, 0.3) is 0 Å². The molecule has 0 radical (unpaired) electrons. The highest BCUT2D eigenvalue weighted by Crippen LogP contribution is 2.29. The lowest BCUT2D eigenvalue weighted by atomic mass is 9.85. The van der Waals surface area contributed by atoms with E-state index >= 15 is 0 Å². The number of nitrogens with one attached hydrogen (secondary N) is 1. The number of amides is 1. The standard InChI is InChI=1S/C19H23FN2O3S2/c1-14(19(23)21-13-15-4-6-17(20)7-5-15)16-8-10-22(11-9-16)27(24,25)18-3-2-12-26-18/h2-7,12,14,16H,8-11,13H2,1H3,(H,21,23). The van der Waals surface area contributed by atoms with Crippen LogP contribution >= 0.6 is 11.3 Å². The van der Waals surface area contributed by atoms with E-state index in [1.165, 1.54) is 27.8 Å². The van der Waals surface area contributed by atoms with E-state index < -0.39 is 10.0 Å². The molecule has 146 valence electrons. The molecule has 27 heavy (non-hydrogen) atoms. The van der Waals surface area contributed by atoms with Gasteiger partial charge in [0.25, 0.3) is 10.0 Å². The molecule has 1 aliphatic heterocycles. The Morgan fingerprint density at radius 2 is 1.93 bits per heavy atom. The maximum absolute atomic E-state index is 12.9. The summed E-state index contributed by atoms with van der Waals surface area (Å²) < 4.78 is 40.0. The van der Waals surface area contributed by atoms with Crippen LogP contribution in [0.5, 0.6) is 0 Å². The summed E-state index contributed by atoms with van der Waals surface area (Å²) >= 11 is 1.22. The van der Waals surface area contributed by atoms with Crippen LogP contribution in [-0.4, -0.2) is 31.7 Å². The fourth-order valence-corrected chi connectivity index (χ4v) is 5.93. The van der Waals surface area contributed by atoms with Crippen molar-refractivity contribution in [3.8, 4) is 0 Å². The van der Waals surface area contributed by atoms with Gasteiger partial charge < -0.3 is 5.32 Å². The molecule has 1 unspecified atom stereocenters. The van der Waals surface area contributed by atoms with Gasteiger partial charge in [0.2, 0.25) is 5.91 Å². The van der Waals surface area contributed by atoms with Crippen LogP contribution in [-0.2, 0) is 21.4 Å². The Labute approximate surface area is 163 Å². The Kier molecular flexibility index (Phi) is 6.29. The van der Waals surface area contributed by atoms with Crippen molar-refractivity contribution in [2.75, 3.05) is 13.1 Å². The number of thiophene rings is 1. The number of rotatable bonds is 6. The Balaban J connectivity index is 1.51. The maximum Gasteiger partial charge on any atom is 0.252 e. The lowest BCUT2D eigenvalue weighted by Crippen LogP contribution is -2.42. The van der Waals surface area contributed by atoms with Gasteiger partial charge in [-0.3, -0.25) is 4.79 Å². The molecule has 1 aliphatic rings. The molecule has 1 saturated heterocycles. The van der Waals surface area contributed by atoms with E-state index in [-0.39, 0.29) is 23.6 Å². The lowest BCUT2D eigenvalue weighted by molar-refractivity contribution is -0.126. The maximum atomic E-state index is 12.9. The van der Waals surface area contributed by atoms with Crippen molar-refractivity contribution >= 4 is 27.3 Å². The summed E-state index contributed by atoms with van der Waals surface area (Å²) in [5.74, 6) is -0.411. The lowest BCUT2D eigenvalue weighted by Gasteiger charge is -2.33. The molecule has 0 aliphatic carbocycles. The van der Waals surface area contributed by atoms with E-state index in [1.54, 1.807) is 29.6 Å². The van der Waals surface area contributed by atoms with Crippen molar-refractivity contribution in [3.63, 3.8) is 0 Å². The molecule has 0 spiro atoms. The van der Waals surface area contributed by atoms with E-state index in [0.717, 1.165) is 5.56 Å². The molecule has 5 nitrogen and oxygen atoms in total. The first-order valence-electron chi connectivity index (χ1n) is 8.94. The Morgan fingerprint density at radius 3 is 2.52 bits per heavy atom. The van der Waals surface area contributed by atoms with E-state index in [1.807, 2.05) is 6.92 Å². The zero-order valence-electron chi connectivity index (χ0n) is 15.1. The minimum absolute atomic E-state index is 0.0566. The van der Waals surface area contributed by atoms with Crippen molar-refractivity contribution in [2.24, 2.45) is 11.8 Å². The summed E-state index contributed by atoms with van der Waals surface area (Å²) in [6.45, 7) is 3.10. The summed E-state index contributed by atoms with van der Waals surface area (Å²) in [4.78, 5) is 12.4. The van der Waals surface area contributed by atoms with Gasteiger partial charge >= 0.3 is 0 Å². The molecule has 1 aromatic carbocycles. The smallest absolute Gasteiger partial charge is 0.252 e. The van der Waals surface area contributed by atoms with Crippen LogP contribution in [0.1, 0.15) is 25.3 Å². The summed E-state index contributed by atoms with van der Waals surface area (Å²) in [7, 11) is -3.42. The zero-order valence-corrected chi connectivity index (χ0v) is 16.7. The topological polar surface area (TPSA) is 66.5 Å². The monoisotopic (exact) mass is 410 g/mol. The van der Waals surface area contributed by atoms with Crippen LogP contribution in [0.3, 0.4) is 0 Å². The third-order valence-corrected chi connectivity index (χ3v) is 8.36. The average Bonchev–Trinajstić information content (AvgIpc) is 3.22. The largest absolute Gasteiger partial charge is 0.352 e. The average molecular weight is 411 g/mol. The quantitative estimate of drug-likeness (QED) is 0.795. The van der Waals surface area contributed by atoms with Gasteiger partial charge in [-0.1, -0.05) is 25.1 Å². The fourth-order valence-electron chi connectivity index (χ4n) is 3.32. The number of carbonyl (C=O) groups excluding carboxylic acids is 1. The second kappa shape index (κ2) is 8.50. The molecule has 2 heterocycles. The third kappa shape index (κ3) is 4.75.